The van der Waals surface area contributed by atoms with E-state index < -0.39 is 22.0 Å². The third-order valence-corrected chi connectivity index (χ3v) is 6.30. The molecule has 0 spiro atoms. The number of nitrogens with one attached hydrogen (secondary N) is 1. The van der Waals surface area contributed by atoms with Gasteiger partial charge in [-0.3, -0.25) is 13.9 Å². The van der Waals surface area contributed by atoms with Crippen LogP contribution in [0.1, 0.15) is 37.8 Å². The molecule has 0 heterocycles. The number of anilines is 1. The molecule has 2 amide bonds. The Morgan fingerprint density at radius 3 is 2.34 bits per heavy atom. The second kappa shape index (κ2) is 11.7. The lowest BCUT2D eigenvalue weighted by molar-refractivity contribution is -0.139. The van der Waals surface area contributed by atoms with Crippen molar-refractivity contribution in [3.63, 3.8) is 0 Å². The van der Waals surface area contributed by atoms with Crippen LogP contribution in [0.3, 0.4) is 0 Å². The molecule has 2 rings (SSSR count). The molecule has 0 aliphatic heterocycles. The highest BCUT2D eigenvalue weighted by molar-refractivity contribution is 7.92. The van der Waals surface area contributed by atoms with Gasteiger partial charge in [0.25, 0.3) is 0 Å². The molecular weight excluding hydrogens is 426 g/mol. The monoisotopic (exact) mass is 459 g/mol. The topological polar surface area (TPSA) is 86.8 Å². The first-order valence-corrected chi connectivity index (χ1v) is 12.6. The number of benzene rings is 2. The molecule has 2 aromatic rings. The number of aryl methyl sites for hydroxylation is 1. The number of unbranched alkanes of at least 4 members (excludes halogenated alkanes) is 1. The van der Waals surface area contributed by atoms with Crippen LogP contribution < -0.4 is 9.62 Å². The number of nitrogens with zero attached hydrogens (tertiary/aromatic N) is 2. The van der Waals surface area contributed by atoms with Crippen LogP contribution in [-0.2, 0) is 26.2 Å². The van der Waals surface area contributed by atoms with Crippen LogP contribution in [0.4, 0.5) is 5.69 Å². The highest BCUT2D eigenvalue weighted by Gasteiger charge is 2.29. The summed E-state index contributed by atoms with van der Waals surface area (Å²) >= 11 is 0. The molecule has 0 fully saturated rings. The smallest absolute Gasteiger partial charge is 0.244 e. The van der Waals surface area contributed by atoms with E-state index in [1.165, 1.54) is 4.90 Å². The van der Waals surface area contributed by atoms with E-state index in [-0.39, 0.29) is 19.0 Å². The van der Waals surface area contributed by atoms with Gasteiger partial charge in [-0.2, -0.15) is 0 Å². The van der Waals surface area contributed by atoms with Crippen LogP contribution in [-0.4, -0.2) is 50.5 Å². The zero-order valence-electron chi connectivity index (χ0n) is 19.2. The largest absolute Gasteiger partial charge is 0.354 e. The zero-order valence-corrected chi connectivity index (χ0v) is 20.1. The van der Waals surface area contributed by atoms with E-state index in [4.69, 9.17) is 0 Å². The minimum absolute atomic E-state index is 0.204. The molecule has 1 N–H and O–H groups in total. The molecule has 0 radical (unpaired) electrons. The van der Waals surface area contributed by atoms with Crippen LogP contribution in [0.2, 0.25) is 0 Å². The van der Waals surface area contributed by atoms with E-state index in [0.717, 1.165) is 34.5 Å². The molecule has 174 valence electrons. The predicted molar refractivity (Wildman–Crippen MR) is 128 cm³/mol. The van der Waals surface area contributed by atoms with Gasteiger partial charge in [-0.15, -0.1) is 0 Å². The number of amides is 2. The summed E-state index contributed by atoms with van der Waals surface area (Å²) in [6.45, 7) is 6.01. The first-order valence-electron chi connectivity index (χ1n) is 10.8. The van der Waals surface area contributed by atoms with Crippen molar-refractivity contribution in [3.05, 3.63) is 65.7 Å². The number of hydrogen-bond donors (Lipinski definition) is 1. The maximum absolute atomic E-state index is 13.4. The van der Waals surface area contributed by atoms with Crippen molar-refractivity contribution in [3.8, 4) is 0 Å². The lowest BCUT2D eigenvalue weighted by atomic mass is 10.1. The fraction of sp³-hybridized carbons (Fsp3) is 0.417. The molecule has 0 unspecified atom stereocenters. The van der Waals surface area contributed by atoms with Gasteiger partial charge in [0, 0.05) is 13.1 Å². The van der Waals surface area contributed by atoms with Crippen molar-refractivity contribution in [2.45, 2.75) is 46.2 Å². The van der Waals surface area contributed by atoms with Gasteiger partial charge in [-0.05, 0) is 38.0 Å². The fourth-order valence-electron chi connectivity index (χ4n) is 3.33. The highest BCUT2D eigenvalue weighted by Crippen LogP contribution is 2.18. The van der Waals surface area contributed by atoms with Crippen molar-refractivity contribution in [1.29, 1.82) is 0 Å². The van der Waals surface area contributed by atoms with Crippen molar-refractivity contribution in [1.82, 2.24) is 10.2 Å². The number of rotatable bonds is 11. The van der Waals surface area contributed by atoms with E-state index in [0.29, 0.717) is 12.2 Å². The third-order valence-electron chi connectivity index (χ3n) is 5.16. The average molecular weight is 460 g/mol. The number of para-hydroxylation sites is 1. The van der Waals surface area contributed by atoms with Gasteiger partial charge in [-0.1, -0.05) is 61.4 Å². The average Bonchev–Trinajstić information content (AvgIpc) is 2.75. The Hall–Kier alpha value is -2.87. The maximum atomic E-state index is 13.4. The standard InChI is InChI=1S/C24H33N3O4S/c1-5-6-15-25-24(29)20(3)26(17-21-12-10-11-19(2)16-21)23(28)18-27(32(4,30)31)22-13-8-7-9-14-22/h7-14,16,20H,5-6,15,17-18H2,1-4H3,(H,25,29)/t20-/m0/s1. The van der Waals surface area contributed by atoms with Crippen molar-refractivity contribution in [2.24, 2.45) is 0 Å². The molecule has 1 atom stereocenters. The molecular formula is C24H33N3O4S. The first kappa shape index (κ1) is 25.4. The molecule has 8 heteroatoms. The third kappa shape index (κ3) is 7.37. The molecule has 0 aliphatic carbocycles. The molecule has 0 saturated heterocycles. The number of carbonyl (C=O) groups is 2. The van der Waals surface area contributed by atoms with Crippen molar-refractivity contribution in [2.75, 3.05) is 23.7 Å². The SMILES string of the molecule is CCCCNC(=O)[C@H](C)N(Cc1cccc(C)c1)C(=O)CN(c1ccccc1)S(C)(=O)=O. The molecule has 0 aromatic heterocycles. The van der Waals surface area contributed by atoms with Crippen molar-refractivity contribution >= 4 is 27.5 Å². The van der Waals surface area contributed by atoms with Gasteiger partial charge in [0.2, 0.25) is 21.8 Å². The van der Waals surface area contributed by atoms with Gasteiger partial charge in [0.05, 0.1) is 11.9 Å². The number of hydrogen-bond acceptors (Lipinski definition) is 4. The Morgan fingerprint density at radius 1 is 1.06 bits per heavy atom. The maximum Gasteiger partial charge on any atom is 0.244 e. The summed E-state index contributed by atoms with van der Waals surface area (Å²) in [4.78, 5) is 27.6. The Balaban J connectivity index is 2.31. The van der Waals surface area contributed by atoms with Gasteiger partial charge < -0.3 is 10.2 Å². The predicted octanol–water partition coefficient (Wildman–Crippen LogP) is 3.09. The molecule has 7 nitrogen and oxygen atoms in total. The van der Waals surface area contributed by atoms with Gasteiger partial charge >= 0.3 is 0 Å². The Bertz CT molecular complexity index is 1010. The summed E-state index contributed by atoms with van der Waals surface area (Å²) in [7, 11) is -3.70. The van der Waals surface area contributed by atoms with Crippen LogP contribution >= 0.6 is 0 Å². The summed E-state index contributed by atoms with van der Waals surface area (Å²) in [6.07, 6.45) is 2.86. The molecule has 0 aliphatic rings. The zero-order chi connectivity index (χ0) is 23.7. The molecule has 32 heavy (non-hydrogen) atoms. The molecule has 2 aromatic carbocycles. The minimum atomic E-state index is -3.70. The van der Waals surface area contributed by atoms with Crippen LogP contribution in [0, 0.1) is 6.92 Å². The van der Waals surface area contributed by atoms with E-state index in [2.05, 4.69) is 5.32 Å². The normalized spacial score (nSPS) is 12.1. The number of sulfonamides is 1. The lowest BCUT2D eigenvalue weighted by Gasteiger charge is -2.31. The van der Waals surface area contributed by atoms with Crippen LogP contribution in [0.5, 0.6) is 0 Å². The first-order chi connectivity index (χ1) is 15.1. The molecule has 0 bridgehead atoms. The van der Waals surface area contributed by atoms with Crippen LogP contribution in [0.15, 0.2) is 54.6 Å². The van der Waals surface area contributed by atoms with Gasteiger partial charge in [0.15, 0.2) is 0 Å². The number of carbonyl (C=O) groups excluding carboxylic acids is 2. The molecule has 0 saturated carbocycles. The minimum Gasteiger partial charge on any atom is -0.354 e. The summed E-state index contributed by atoms with van der Waals surface area (Å²) in [6, 6.07) is 15.4. The fourth-order valence-corrected chi connectivity index (χ4v) is 4.18. The second-order valence-electron chi connectivity index (χ2n) is 7.94. The Labute approximate surface area is 191 Å². The van der Waals surface area contributed by atoms with E-state index in [9.17, 15) is 18.0 Å². The highest BCUT2D eigenvalue weighted by atomic mass is 32.2. The summed E-state index contributed by atoms with van der Waals surface area (Å²) in [5.74, 6) is -0.705. The Kier molecular flexibility index (Phi) is 9.26. The Morgan fingerprint density at radius 2 is 1.75 bits per heavy atom. The van der Waals surface area contributed by atoms with Gasteiger partial charge in [0.1, 0.15) is 12.6 Å². The van der Waals surface area contributed by atoms with Crippen LogP contribution in [0.25, 0.3) is 0 Å². The summed E-state index contributed by atoms with van der Waals surface area (Å²) < 4.78 is 26.0. The quantitative estimate of drug-likeness (QED) is 0.523. The van der Waals surface area contributed by atoms with E-state index in [1.54, 1.807) is 37.3 Å². The lowest BCUT2D eigenvalue weighted by Crippen LogP contribution is -2.51. The van der Waals surface area contributed by atoms with Crippen molar-refractivity contribution < 1.29 is 18.0 Å². The second-order valence-corrected chi connectivity index (χ2v) is 9.84. The van der Waals surface area contributed by atoms with E-state index >= 15 is 0 Å². The van der Waals surface area contributed by atoms with E-state index in [1.807, 2.05) is 38.1 Å². The summed E-state index contributed by atoms with van der Waals surface area (Å²) in [5, 5.41) is 2.87. The van der Waals surface area contributed by atoms with Gasteiger partial charge in [-0.25, -0.2) is 8.42 Å². The summed E-state index contributed by atoms with van der Waals surface area (Å²) in [5.41, 5.74) is 2.31.